The van der Waals surface area contributed by atoms with Gasteiger partial charge in [-0.2, -0.15) is 0 Å². The van der Waals surface area contributed by atoms with Gasteiger partial charge in [0.25, 0.3) is 0 Å². The van der Waals surface area contributed by atoms with Crippen molar-refractivity contribution in [2.75, 3.05) is 0 Å². The molecule has 0 aliphatic carbocycles. The van der Waals surface area contributed by atoms with Crippen LogP contribution in [0.3, 0.4) is 0 Å². The summed E-state index contributed by atoms with van der Waals surface area (Å²) >= 11 is 0. The lowest BCUT2D eigenvalue weighted by molar-refractivity contribution is -0.144. The van der Waals surface area contributed by atoms with Gasteiger partial charge < -0.3 is 37.0 Å². The van der Waals surface area contributed by atoms with E-state index in [1.54, 1.807) is 27.7 Å². The molecule has 11 nitrogen and oxygen atoms in total. The average molecular weight is 433 g/mol. The normalized spacial score (nSPS) is 18.3. The van der Waals surface area contributed by atoms with Crippen LogP contribution in [0.4, 0.5) is 0 Å². The van der Waals surface area contributed by atoms with Crippen LogP contribution in [-0.2, 0) is 19.2 Å². The molecule has 0 bridgehead atoms. The number of amides is 3. The maximum Gasteiger partial charge on any atom is 0.326 e. The highest BCUT2D eigenvalue weighted by Gasteiger charge is 2.35. The predicted octanol–water partition coefficient (Wildman–Crippen LogP) is -1.68. The van der Waals surface area contributed by atoms with Crippen molar-refractivity contribution in [3.8, 4) is 0 Å². The van der Waals surface area contributed by atoms with Crippen molar-refractivity contribution >= 4 is 23.7 Å². The Hall–Kier alpha value is -2.24. The minimum absolute atomic E-state index is 0.216. The Labute approximate surface area is 176 Å². The number of nitrogens with one attached hydrogen (secondary N) is 3. The van der Waals surface area contributed by atoms with Gasteiger partial charge in [0.05, 0.1) is 18.2 Å². The van der Waals surface area contributed by atoms with Gasteiger partial charge in [0.2, 0.25) is 17.7 Å². The number of hydrogen-bond donors (Lipinski definition) is 7. The van der Waals surface area contributed by atoms with Crippen LogP contribution in [0.2, 0.25) is 0 Å². The van der Waals surface area contributed by atoms with E-state index in [2.05, 4.69) is 16.0 Å². The molecular weight excluding hydrogens is 396 g/mol. The summed E-state index contributed by atoms with van der Waals surface area (Å²) in [4.78, 5) is 48.8. The van der Waals surface area contributed by atoms with Crippen LogP contribution in [0.15, 0.2) is 0 Å². The van der Waals surface area contributed by atoms with Gasteiger partial charge in [0, 0.05) is 0 Å². The van der Waals surface area contributed by atoms with Crippen LogP contribution in [0.5, 0.6) is 0 Å². The maximum atomic E-state index is 12.6. The molecule has 0 saturated carbocycles. The summed E-state index contributed by atoms with van der Waals surface area (Å²) in [6, 6.07) is -5.06. The summed E-state index contributed by atoms with van der Waals surface area (Å²) in [6.45, 7) is 9.35. The topological polar surface area (TPSA) is 191 Å². The number of aliphatic hydroxyl groups is 2. The molecular formula is C19H36N4O7. The fourth-order valence-electron chi connectivity index (χ4n) is 2.53. The monoisotopic (exact) mass is 432 g/mol. The zero-order valence-electron chi connectivity index (χ0n) is 18.4. The number of hydrogen-bond acceptors (Lipinski definition) is 7. The van der Waals surface area contributed by atoms with E-state index in [0.29, 0.717) is 6.42 Å². The van der Waals surface area contributed by atoms with Gasteiger partial charge in [-0.1, -0.05) is 34.1 Å². The van der Waals surface area contributed by atoms with Crippen LogP contribution >= 0.6 is 0 Å². The van der Waals surface area contributed by atoms with E-state index in [1.165, 1.54) is 13.8 Å². The third-order valence-electron chi connectivity index (χ3n) is 4.92. The first-order chi connectivity index (χ1) is 13.7. The van der Waals surface area contributed by atoms with E-state index >= 15 is 0 Å². The Morgan fingerprint density at radius 1 is 0.767 bits per heavy atom. The van der Waals surface area contributed by atoms with Gasteiger partial charge in [-0.3, -0.25) is 14.4 Å². The third-order valence-corrected chi connectivity index (χ3v) is 4.92. The Kier molecular flexibility index (Phi) is 11.5. The van der Waals surface area contributed by atoms with Crippen LogP contribution < -0.4 is 21.7 Å². The second kappa shape index (κ2) is 12.5. The van der Waals surface area contributed by atoms with Crippen LogP contribution in [0.1, 0.15) is 48.0 Å². The molecule has 0 fully saturated rings. The number of carbonyl (C=O) groups is 4. The smallest absolute Gasteiger partial charge is 0.326 e. The lowest BCUT2D eigenvalue weighted by Gasteiger charge is -2.28. The molecule has 30 heavy (non-hydrogen) atoms. The molecule has 0 aromatic heterocycles. The Balaban J connectivity index is 5.42. The second-order valence-electron chi connectivity index (χ2n) is 7.93. The van der Waals surface area contributed by atoms with Gasteiger partial charge in [0.15, 0.2) is 0 Å². The van der Waals surface area contributed by atoms with Gasteiger partial charge in [-0.15, -0.1) is 0 Å². The predicted molar refractivity (Wildman–Crippen MR) is 109 cm³/mol. The number of nitrogens with two attached hydrogens (primary N) is 1. The number of carboxylic acid groups (broad SMARTS) is 1. The van der Waals surface area contributed by atoms with Crippen molar-refractivity contribution < 1.29 is 34.5 Å². The minimum Gasteiger partial charge on any atom is -0.480 e. The summed E-state index contributed by atoms with van der Waals surface area (Å²) < 4.78 is 0. The Morgan fingerprint density at radius 2 is 1.13 bits per heavy atom. The van der Waals surface area contributed by atoms with Crippen LogP contribution in [0, 0.1) is 11.8 Å². The average Bonchev–Trinajstić information content (AvgIpc) is 2.65. The molecule has 0 aromatic rings. The maximum absolute atomic E-state index is 12.6. The molecule has 7 atom stereocenters. The van der Waals surface area contributed by atoms with Crippen LogP contribution in [0.25, 0.3) is 0 Å². The molecule has 8 N–H and O–H groups in total. The highest BCUT2D eigenvalue weighted by molar-refractivity contribution is 5.94. The highest BCUT2D eigenvalue weighted by Crippen LogP contribution is 2.09. The van der Waals surface area contributed by atoms with Crippen molar-refractivity contribution in [3.63, 3.8) is 0 Å². The zero-order chi connectivity index (χ0) is 23.8. The van der Waals surface area contributed by atoms with Crippen molar-refractivity contribution in [2.24, 2.45) is 17.6 Å². The fourth-order valence-corrected chi connectivity index (χ4v) is 2.53. The summed E-state index contributed by atoms with van der Waals surface area (Å²) in [7, 11) is 0. The summed E-state index contributed by atoms with van der Waals surface area (Å²) in [5, 5.41) is 36.1. The van der Waals surface area contributed by atoms with E-state index in [-0.39, 0.29) is 11.8 Å². The number of aliphatic hydroxyl groups excluding tert-OH is 2. The van der Waals surface area contributed by atoms with Gasteiger partial charge in [-0.05, 0) is 25.7 Å². The van der Waals surface area contributed by atoms with Crippen molar-refractivity contribution in [1.29, 1.82) is 0 Å². The fraction of sp³-hybridized carbons (Fsp3) is 0.789. The van der Waals surface area contributed by atoms with E-state index in [1.807, 2.05) is 0 Å². The Morgan fingerprint density at radius 3 is 1.43 bits per heavy atom. The first-order valence-corrected chi connectivity index (χ1v) is 10.00. The summed E-state index contributed by atoms with van der Waals surface area (Å²) in [6.07, 6.45) is -2.21. The van der Waals surface area contributed by atoms with Crippen molar-refractivity contribution in [1.82, 2.24) is 16.0 Å². The molecule has 0 aromatic carbocycles. The first-order valence-electron chi connectivity index (χ1n) is 10.00. The molecule has 0 rings (SSSR count). The molecule has 3 amide bonds. The van der Waals surface area contributed by atoms with E-state index in [9.17, 15) is 34.5 Å². The van der Waals surface area contributed by atoms with Crippen molar-refractivity contribution in [3.05, 3.63) is 0 Å². The quantitative estimate of drug-likeness (QED) is 0.190. The molecule has 0 aliphatic rings. The van der Waals surface area contributed by atoms with E-state index < -0.39 is 60.1 Å². The van der Waals surface area contributed by atoms with Gasteiger partial charge in [0.1, 0.15) is 18.1 Å². The molecule has 0 radical (unpaired) electrons. The number of aliphatic carboxylic acids is 1. The van der Waals surface area contributed by atoms with E-state index in [0.717, 1.165) is 0 Å². The molecule has 174 valence electrons. The highest BCUT2D eigenvalue weighted by atomic mass is 16.4. The minimum atomic E-state index is -1.50. The molecule has 0 heterocycles. The van der Waals surface area contributed by atoms with Gasteiger partial charge >= 0.3 is 5.97 Å². The standard InChI is InChI=1S/C19H36N4O7/c1-7-9(4)13(19(29)30)21-17(27)15(11(6)25)23-18(28)14(10(5)24)22-16(26)12(20)8(2)3/h8-15,24-25H,7,20H2,1-6H3,(H,21,27)(H,22,26)(H,23,28)(H,29,30). The number of carbonyl (C=O) groups excluding carboxylic acids is 3. The van der Waals surface area contributed by atoms with Gasteiger partial charge in [-0.25, -0.2) is 4.79 Å². The SMILES string of the molecule is CCC(C)C(NC(=O)C(NC(=O)C(NC(=O)C(N)C(C)C)C(C)O)C(C)O)C(=O)O. The number of rotatable bonds is 12. The lowest BCUT2D eigenvalue weighted by Crippen LogP contribution is -2.62. The largest absolute Gasteiger partial charge is 0.480 e. The lowest BCUT2D eigenvalue weighted by atomic mass is 9.98. The van der Waals surface area contributed by atoms with Crippen LogP contribution in [-0.4, -0.2) is 75.4 Å². The third kappa shape index (κ3) is 8.25. The van der Waals surface area contributed by atoms with Crippen molar-refractivity contribution in [2.45, 2.75) is 84.3 Å². The molecule has 11 heteroatoms. The first kappa shape index (κ1) is 27.8. The Bertz CT molecular complexity index is 610. The second-order valence-corrected chi connectivity index (χ2v) is 7.93. The molecule has 0 spiro atoms. The molecule has 0 saturated heterocycles. The van der Waals surface area contributed by atoms with E-state index in [4.69, 9.17) is 5.73 Å². The number of carboxylic acids is 1. The summed E-state index contributed by atoms with van der Waals surface area (Å²) in [5.41, 5.74) is 5.75. The molecule has 7 unspecified atom stereocenters. The molecule has 0 aliphatic heterocycles. The zero-order valence-corrected chi connectivity index (χ0v) is 18.4. The summed E-state index contributed by atoms with van der Waals surface area (Å²) in [5.74, 6) is -4.34.